The van der Waals surface area contributed by atoms with Crippen LogP contribution in [0.1, 0.15) is 30.0 Å². The lowest BCUT2D eigenvalue weighted by atomic mass is 9.83. The Labute approximate surface area is 186 Å². The van der Waals surface area contributed by atoms with Gasteiger partial charge in [0.15, 0.2) is 0 Å². The molecule has 1 unspecified atom stereocenters. The molecular weight excluding hydrogens is 380 g/mol. The summed E-state index contributed by atoms with van der Waals surface area (Å²) in [5.41, 5.74) is 7.39. The zero-order chi connectivity index (χ0) is 21.8. The molecule has 0 radical (unpaired) electrons. The van der Waals surface area contributed by atoms with E-state index in [1.165, 1.54) is 28.7 Å². The molecule has 0 heterocycles. The van der Waals surface area contributed by atoms with Gasteiger partial charge in [-0.2, -0.15) is 0 Å². The van der Waals surface area contributed by atoms with Crippen LogP contribution in [0.3, 0.4) is 0 Å². The second-order valence-electron chi connectivity index (χ2n) is 8.99. The molecule has 0 aromatic heterocycles. The van der Waals surface area contributed by atoms with Gasteiger partial charge in [-0.15, -0.1) is 0 Å². The van der Waals surface area contributed by atoms with Gasteiger partial charge in [0.05, 0.1) is 6.54 Å². The molecule has 0 aliphatic heterocycles. The first-order valence-corrected chi connectivity index (χ1v) is 11.2. The Morgan fingerprint density at radius 3 is 2.29 bits per heavy atom. The third-order valence-corrected chi connectivity index (χ3v) is 6.24. The van der Waals surface area contributed by atoms with E-state index in [2.05, 4.69) is 85.7 Å². The van der Waals surface area contributed by atoms with Gasteiger partial charge in [-0.1, -0.05) is 60.7 Å². The predicted octanol–water partition coefficient (Wildman–Crippen LogP) is 5.57. The fourth-order valence-electron chi connectivity index (χ4n) is 4.66. The minimum Gasteiger partial charge on any atom is -0.309 e. The minimum absolute atomic E-state index is 0.0772. The van der Waals surface area contributed by atoms with Crippen LogP contribution in [0.15, 0.2) is 72.8 Å². The first-order chi connectivity index (χ1) is 15.0. The van der Waals surface area contributed by atoms with Crippen molar-refractivity contribution in [2.24, 2.45) is 5.92 Å². The Bertz CT molecular complexity index is 1020. The molecule has 0 spiro atoms. The maximum Gasteiger partial charge on any atom is 0.224 e. The number of benzene rings is 3. The monoisotopic (exact) mass is 412 g/mol. The fourth-order valence-corrected chi connectivity index (χ4v) is 4.66. The summed E-state index contributed by atoms with van der Waals surface area (Å²) in [5.74, 6) is 0.800. The van der Waals surface area contributed by atoms with Crippen LogP contribution in [-0.2, 0) is 24.2 Å². The number of amides is 1. The van der Waals surface area contributed by atoms with E-state index in [1.807, 2.05) is 11.0 Å². The van der Waals surface area contributed by atoms with E-state index in [4.69, 9.17) is 0 Å². The van der Waals surface area contributed by atoms with Crippen molar-refractivity contribution in [2.75, 3.05) is 25.5 Å². The first-order valence-electron chi connectivity index (χ1n) is 11.2. The zero-order valence-electron chi connectivity index (χ0n) is 18.8. The lowest BCUT2D eigenvalue weighted by molar-refractivity contribution is -0.116. The Balaban J connectivity index is 1.50. The largest absolute Gasteiger partial charge is 0.309 e. The smallest absolute Gasteiger partial charge is 0.224 e. The zero-order valence-corrected chi connectivity index (χ0v) is 18.8. The van der Waals surface area contributed by atoms with Crippen molar-refractivity contribution in [1.29, 1.82) is 0 Å². The molecule has 0 N–H and O–H groups in total. The topological polar surface area (TPSA) is 23.6 Å². The maximum atomic E-state index is 12.5. The summed E-state index contributed by atoms with van der Waals surface area (Å²) in [5, 5.41) is 0. The molecule has 160 valence electrons. The van der Waals surface area contributed by atoms with E-state index in [0.717, 1.165) is 36.6 Å². The van der Waals surface area contributed by atoms with Gasteiger partial charge in [-0.05, 0) is 79.2 Å². The van der Waals surface area contributed by atoms with Gasteiger partial charge in [0.25, 0.3) is 0 Å². The number of anilines is 1. The highest BCUT2D eigenvalue weighted by molar-refractivity contribution is 5.91. The van der Waals surface area contributed by atoms with Crippen LogP contribution in [0.4, 0.5) is 5.69 Å². The number of carbonyl (C=O) groups excluding carboxylic acids is 1. The molecule has 1 amide bonds. The normalized spacial score (nSPS) is 15.5. The number of rotatable bonds is 6. The van der Waals surface area contributed by atoms with Gasteiger partial charge < -0.3 is 9.80 Å². The van der Waals surface area contributed by atoms with E-state index >= 15 is 0 Å². The van der Waals surface area contributed by atoms with Crippen LogP contribution >= 0.6 is 0 Å². The third-order valence-electron chi connectivity index (χ3n) is 6.24. The number of hydrogen-bond acceptors (Lipinski definition) is 2. The van der Waals surface area contributed by atoms with Crippen LogP contribution in [0.2, 0.25) is 0 Å². The van der Waals surface area contributed by atoms with Crippen LogP contribution in [0.5, 0.6) is 0 Å². The molecule has 0 saturated heterocycles. The second kappa shape index (κ2) is 9.49. The lowest BCUT2D eigenvalue weighted by Crippen LogP contribution is -2.29. The van der Waals surface area contributed by atoms with Crippen molar-refractivity contribution in [3.05, 3.63) is 89.5 Å². The Kier molecular flexibility index (Phi) is 6.53. The molecule has 3 aromatic carbocycles. The predicted molar refractivity (Wildman–Crippen MR) is 129 cm³/mol. The SMILES string of the molecule is CC(=O)N(Cc1ccc(-c2ccccc2)cc1)c1ccc2c(c1)CCC(CN(C)C)C2. The molecule has 4 rings (SSSR count). The van der Waals surface area contributed by atoms with Crippen molar-refractivity contribution in [3.63, 3.8) is 0 Å². The summed E-state index contributed by atoms with van der Waals surface area (Å²) in [6.07, 6.45) is 3.45. The van der Waals surface area contributed by atoms with E-state index in [1.54, 1.807) is 6.92 Å². The summed E-state index contributed by atoms with van der Waals surface area (Å²) in [4.78, 5) is 16.7. The molecule has 3 heteroatoms. The van der Waals surface area contributed by atoms with Crippen molar-refractivity contribution < 1.29 is 4.79 Å². The van der Waals surface area contributed by atoms with Crippen LogP contribution < -0.4 is 4.90 Å². The maximum absolute atomic E-state index is 12.5. The summed E-state index contributed by atoms with van der Waals surface area (Å²) in [6.45, 7) is 3.39. The van der Waals surface area contributed by atoms with Crippen LogP contribution in [0.25, 0.3) is 11.1 Å². The molecule has 0 saturated carbocycles. The molecule has 3 nitrogen and oxygen atoms in total. The number of fused-ring (bicyclic) bond motifs is 1. The molecule has 1 aliphatic carbocycles. The van der Waals surface area contributed by atoms with E-state index < -0.39 is 0 Å². The van der Waals surface area contributed by atoms with Gasteiger partial charge >= 0.3 is 0 Å². The molecule has 0 fully saturated rings. The van der Waals surface area contributed by atoms with Gasteiger partial charge in [0, 0.05) is 19.2 Å². The molecule has 1 aliphatic rings. The molecule has 31 heavy (non-hydrogen) atoms. The van der Waals surface area contributed by atoms with Crippen LogP contribution in [0, 0.1) is 5.92 Å². The molecule has 3 aromatic rings. The molecule has 1 atom stereocenters. The Morgan fingerprint density at radius 2 is 1.61 bits per heavy atom. The average Bonchev–Trinajstić information content (AvgIpc) is 2.77. The fraction of sp³-hybridized carbons (Fsp3) is 0.321. The third kappa shape index (κ3) is 5.23. The van der Waals surface area contributed by atoms with Crippen molar-refractivity contribution in [1.82, 2.24) is 4.90 Å². The second-order valence-corrected chi connectivity index (χ2v) is 8.99. The van der Waals surface area contributed by atoms with E-state index in [0.29, 0.717) is 6.54 Å². The minimum atomic E-state index is 0.0772. The highest BCUT2D eigenvalue weighted by Gasteiger charge is 2.21. The van der Waals surface area contributed by atoms with Gasteiger partial charge in [0.1, 0.15) is 0 Å². The lowest BCUT2D eigenvalue weighted by Gasteiger charge is -2.29. The number of hydrogen-bond donors (Lipinski definition) is 0. The quantitative estimate of drug-likeness (QED) is 0.528. The number of carbonyl (C=O) groups is 1. The summed E-state index contributed by atoms with van der Waals surface area (Å²) in [6, 6.07) is 25.5. The highest BCUT2D eigenvalue weighted by atomic mass is 16.2. The van der Waals surface area contributed by atoms with Crippen molar-refractivity contribution >= 4 is 11.6 Å². The first kappa shape index (κ1) is 21.3. The molecule has 0 bridgehead atoms. The van der Waals surface area contributed by atoms with E-state index in [9.17, 15) is 4.79 Å². The molecular formula is C28H32N2O. The van der Waals surface area contributed by atoms with Gasteiger partial charge in [0.2, 0.25) is 5.91 Å². The summed E-state index contributed by atoms with van der Waals surface area (Å²) in [7, 11) is 4.30. The summed E-state index contributed by atoms with van der Waals surface area (Å²) >= 11 is 0. The Morgan fingerprint density at radius 1 is 0.903 bits per heavy atom. The highest BCUT2D eigenvalue weighted by Crippen LogP contribution is 2.30. The van der Waals surface area contributed by atoms with Gasteiger partial charge in [-0.25, -0.2) is 0 Å². The van der Waals surface area contributed by atoms with Crippen molar-refractivity contribution in [3.8, 4) is 11.1 Å². The van der Waals surface area contributed by atoms with Gasteiger partial charge in [-0.3, -0.25) is 4.79 Å². The standard InChI is InChI=1S/C28H32N2O/c1-21(31)30(20-22-9-12-25(13-10-22)24-7-5-4-6-8-24)28-16-15-26-17-23(19-29(2)3)11-14-27(26)18-28/h4-10,12-13,15-16,18,23H,11,14,17,19-20H2,1-3H3. The summed E-state index contributed by atoms with van der Waals surface area (Å²) < 4.78 is 0. The van der Waals surface area contributed by atoms with E-state index in [-0.39, 0.29) is 5.91 Å². The number of nitrogens with zero attached hydrogens (tertiary/aromatic N) is 2. The number of aryl methyl sites for hydroxylation is 1. The Hall–Kier alpha value is -2.91. The average molecular weight is 413 g/mol. The van der Waals surface area contributed by atoms with Crippen molar-refractivity contribution in [2.45, 2.75) is 32.7 Å². The van der Waals surface area contributed by atoms with Crippen LogP contribution in [-0.4, -0.2) is 31.4 Å².